The van der Waals surface area contributed by atoms with Gasteiger partial charge >= 0.3 is 6.03 Å². The Bertz CT molecular complexity index is 856. The Hall–Kier alpha value is -3.07. The van der Waals surface area contributed by atoms with E-state index in [1.807, 2.05) is 41.3 Å². The van der Waals surface area contributed by atoms with Crippen LogP contribution >= 0.6 is 0 Å². The Morgan fingerprint density at radius 3 is 1.93 bits per heavy atom. The third-order valence-corrected chi connectivity index (χ3v) is 5.76. The number of carbonyl (C=O) groups is 1. The molecular formula is C26H28N2O. The van der Waals surface area contributed by atoms with Crippen molar-refractivity contribution < 1.29 is 4.79 Å². The van der Waals surface area contributed by atoms with E-state index in [1.165, 1.54) is 5.56 Å². The molecule has 1 saturated heterocycles. The highest BCUT2D eigenvalue weighted by Crippen LogP contribution is 2.27. The summed E-state index contributed by atoms with van der Waals surface area (Å²) in [5.74, 6) is 0.399. The van der Waals surface area contributed by atoms with Crippen molar-refractivity contribution in [2.24, 2.45) is 0 Å². The second kappa shape index (κ2) is 9.42. The largest absolute Gasteiger partial charge is 0.327 e. The van der Waals surface area contributed by atoms with E-state index in [9.17, 15) is 4.79 Å². The van der Waals surface area contributed by atoms with Crippen molar-refractivity contribution in [3.05, 3.63) is 108 Å². The van der Waals surface area contributed by atoms with Gasteiger partial charge in [-0.05, 0) is 29.5 Å². The lowest BCUT2D eigenvalue weighted by molar-refractivity contribution is 0.195. The monoisotopic (exact) mass is 384 g/mol. The molecule has 3 aromatic rings. The lowest BCUT2D eigenvalue weighted by Gasteiger charge is -2.28. The lowest BCUT2D eigenvalue weighted by Crippen LogP contribution is -2.43. The number of benzene rings is 3. The van der Waals surface area contributed by atoms with Crippen LogP contribution in [0.1, 0.15) is 47.9 Å². The summed E-state index contributed by atoms with van der Waals surface area (Å²) in [5.41, 5.74) is 3.53. The van der Waals surface area contributed by atoms with Crippen LogP contribution in [-0.2, 0) is 0 Å². The van der Waals surface area contributed by atoms with Gasteiger partial charge < -0.3 is 10.2 Å². The molecule has 3 heteroatoms. The minimum absolute atomic E-state index is 0.0190. The second-order valence-electron chi connectivity index (χ2n) is 7.75. The predicted molar refractivity (Wildman–Crippen MR) is 118 cm³/mol. The van der Waals surface area contributed by atoms with Gasteiger partial charge in [0.25, 0.3) is 0 Å². The molecule has 1 aliphatic rings. The van der Waals surface area contributed by atoms with Crippen molar-refractivity contribution in [3.8, 4) is 0 Å². The van der Waals surface area contributed by atoms with Gasteiger partial charge in [-0.2, -0.15) is 0 Å². The molecule has 1 N–H and O–H groups in total. The molecule has 1 heterocycles. The van der Waals surface area contributed by atoms with E-state index in [0.717, 1.165) is 43.5 Å². The molecular weight excluding hydrogens is 356 g/mol. The Balaban J connectivity index is 1.53. The highest BCUT2D eigenvalue weighted by atomic mass is 16.2. The first-order valence-electron chi connectivity index (χ1n) is 10.5. The molecule has 1 fully saturated rings. The van der Waals surface area contributed by atoms with Crippen LogP contribution in [-0.4, -0.2) is 24.0 Å². The SMILES string of the molecule is O=C(NC(c1ccccc1)c1ccccc1)N1CCCCC(c2ccccc2)C1. The number of hydrogen-bond acceptors (Lipinski definition) is 1. The first-order valence-corrected chi connectivity index (χ1v) is 10.5. The van der Waals surface area contributed by atoms with Gasteiger partial charge in [-0.25, -0.2) is 4.79 Å². The molecule has 0 bridgehead atoms. The van der Waals surface area contributed by atoms with Crippen molar-refractivity contribution >= 4 is 6.03 Å². The fourth-order valence-corrected chi connectivity index (χ4v) is 4.19. The Kier molecular flexibility index (Phi) is 6.25. The molecule has 148 valence electrons. The summed E-state index contributed by atoms with van der Waals surface area (Å²) in [6.07, 6.45) is 3.34. The fourth-order valence-electron chi connectivity index (χ4n) is 4.19. The van der Waals surface area contributed by atoms with Crippen LogP contribution in [0, 0.1) is 0 Å². The van der Waals surface area contributed by atoms with E-state index in [0.29, 0.717) is 5.92 Å². The van der Waals surface area contributed by atoms with Crippen molar-refractivity contribution in [2.75, 3.05) is 13.1 Å². The summed E-state index contributed by atoms with van der Waals surface area (Å²) in [4.78, 5) is 15.3. The molecule has 2 amide bonds. The van der Waals surface area contributed by atoms with Gasteiger partial charge in [0.15, 0.2) is 0 Å². The molecule has 29 heavy (non-hydrogen) atoms. The van der Waals surface area contributed by atoms with Crippen molar-refractivity contribution in [1.29, 1.82) is 0 Å². The average Bonchev–Trinajstić information content (AvgIpc) is 3.06. The first kappa shape index (κ1) is 19.3. The molecule has 1 atom stereocenters. The zero-order chi connectivity index (χ0) is 19.9. The molecule has 0 radical (unpaired) electrons. The number of nitrogens with zero attached hydrogens (tertiary/aromatic N) is 1. The maximum absolute atomic E-state index is 13.3. The van der Waals surface area contributed by atoms with Gasteiger partial charge in [0.2, 0.25) is 0 Å². The maximum atomic E-state index is 13.3. The standard InChI is InChI=1S/C26H28N2O/c29-26(28-19-11-10-18-24(20-28)21-12-4-1-5-13-21)27-25(22-14-6-2-7-15-22)23-16-8-3-9-17-23/h1-9,12-17,24-25H,10-11,18-20H2,(H,27,29). The number of urea groups is 1. The van der Waals surface area contributed by atoms with E-state index < -0.39 is 0 Å². The third kappa shape index (κ3) is 4.86. The smallest absolute Gasteiger partial charge is 0.318 e. The van der Waals surface area contributed by atoms with Crippen LogP contribution in [0.4, 0.5) is 4.79 Å². The summed E-state index contributed by atoms with van der Waals surface area (Å²) in [6, 6.07) is 30.9. The van der Waals surface area contributed by atoms with Crippen LogP contribution in [0.15, 0.2) is 91.0 Å². The highest BCUT2D eigenvalue weighted by Gasteiger charge is 2.25. The zero-order valence-electron chi connectivity index (χ0n) is 16.7. The average molecular weight is 385 g/mol. The van der Waals surface area contributed by atoms with Gasteiger partial charge in [-0.15, -0.1) is 0 Å². The van der Waals surface area contributed by atoms with Crippen molar-refractivity contribution in [2.45, 2.75) is 31.2 Å². The summed E-state index contributed by atoms with van der Waals surface area (Å²) in [7, 11) is 0. The maximum Gasteiger partial charge on any atom is 0.318 e. The number of carbonyl (C=O) groups excluding carboxylic acids is 1. The number of likely N-dealkylation sites (tertiary alicyclic amines) is 1. The van der Waals surface area contributed by atoms with E-state index >= 15 is 0 Å². The summed E-state index contributed by atoms with van der Waals surface area (Å²) in [5, 5.41) is 3.31. The number of nitrogens with one attached hydrogen (secondary N) is 1. The van der Waals surface area contributed by atoms with Crippen LogP contribution in [0.25, 0.3) is 0 Å². The van der Waals surface area contributed by atoms with E-state index in [4.69, 9.17) is 0 Å². The Morgan fingerprint density at radius 2 is 1.34 bits per heavy atom. The number of hydrogen-bond donors (Lipinski definition) is 1. The second-order valence-corrected chi connectivity index (χ2v) is 7.75. The Labute approximate surface area is 173 Å². The molecule has 0 aliphatic carbocycles. The van der Waals surface area contributed by atoms with Gasteiger partial charge in [-0.1, -0.05) is 97.4 Å². The molecule has 3 aromatic carbocycles. The van der Waals surface area contributed by atoms with E-state index in [-0.39, 0.29) is 12.1 Å². The van der Waals surface area contributed by atoms with E-state index in [1.54, 1.807) is 0 Å². The molecule has 4 rings (SSSR count). The van der Waals surface area contributed by atoms with Crippen LogP contribution < -0.4 is 5.32 Å². The first-order chi connectivity index (χ1) is 14.3. The highest BCUT2D eigenvalue weighted by molar-refractivity contribution is 5.75. The molecule has 1 unspecified atom stereocenters. The topological polar surface area (TPSA) is 32.3 Å². The molecule has 0 spiro atoms. The molecule has 0 saturated carbocycles. The Morgan fingerprint density at radius 1 is 0.793 bits per heavy atom. The molecule has 0 aromatic heterocycles. The predicted octanol–water partition coefficient (Wildman–Crippen LogP) is 5.76. The normalized spacial score (nSPS) is 17.0. The molecule has 1 aliphatic heterocycles. The number of amides is 2. The van der Waals surface area contributed by atoms with Gasteiger partial charge in [0.1, 0.15) is 0 Å². The minimum atomic E-state index is -0.150. The van der Waals surface area contributed by atoms with Gasteiger partial charge in [0, 0.05) is 19.0 Å². The van der Waals surface area contributed by atoms with Crippen LogP contribution in [0.3, 0.4) is 0 Å². The van der Waals surface area contributed by atoms with Crippen LogP contribution in [0.5, 0.6) is 0 Å². The summed E-state index contributed by atoms with van der Waals surface area (Å²) in [6.45, 7) is 1.58. The number of rotatable bonds is 4. The zero-order valence-corrected chi connectivity index (χ0v) is 16.7. The van der Waals surface area contributed by atoms with Gasteiger partial charge in [0.05, 0.1) is 6.04 Å². The quantitative estimate of drug-likeness (QED) is 0.610. The van der Waals surface area contributed by atoms with Crippen molar-refractivity contribution in [3.63, 3.8) is 0 Å². The van der Waals surface area contributed by atoms with E-state index in [2.05, 4.69) is 59.9 Å². The summed E-state index contributed by atoms with van der Waals surface area (Å²) >= 11 is 0. The van der Waals surface area contributed by atoms with Gasteiger partial charge in [-0.3, -0.25) is 0 Å². The summed E-state index contributed by atoms with van der Waals surface area (Å²) < 4.78 is 0. The van der Waals surface area contributed by atoms with Crippen LogP contribution in [0.2, 0.25) is 0 Å². The third-order valence-electron chi connectivity index (χ3n) is 5.76. The lowest BCUT2D eigenvalue weighted by atomic mass is 9.94. The molecule has 3 nitrogen and oxygen atoms in total. The fraction of sp³-hybridized carbons (Fsp3) is 0.269. The minimum Gasteiger partial charge on any atom is -0.327 e. The van der Waals surface area contributed by atoms with Crippen molar-refractivity contribution in [1.82, 2.24) is 10.2 Å².